The molecule has 2 N–H and O–H groups in total. The normalized spacial score (nSPS) is 14.7. The molecular formula is C22H24Cl2N4O4. The summed E-state index contributed by atoms with van der Waals surface area (Å²) in [5.41, 5.74) is 7.38. The molecule has 1 aliphatic rings. The van der Waals surface area contributed by atoms with Crippen LogP contribution in [-0.4, -0.2) is 52.2 Å². The highest BCUT2D eigenvalue weighted by Gasteiger charge is 2.26. The van der Waals surface area contributed by atoms with E-state index < -0.39 is 5.97 Å². The summed E-state index contributed by atoms with van der Waals surface area (Å²) in [5.74, 6) is -1.54. The highest BCUT2D eigenvalue weighted by atomic mass is 35.5. The first-order valence-electron chi connectivity index (χ1n) is 10.1. The maximum atomic E-state index is 12.2. The summed E-state index contributed by atoms with van der Waals surface area (Å²) in [6, 6.07) is 7.40. The summed E-state index contributed by atoms with van der Waals surface area (Å²) < 4.78 is 6.65. The number of nitrogens with zero attached hydrogens (tertiary/aromatic N) is 3. The Hall–Kier alpha value is -2.84. The monoisotopic (exact) mass is 478 g/mol. The fourth-order valence-electron chi connectivity index (χ4n) is 3.49. The van der Waals surface area contributed by atoms with Crippen molar-refractivity contribution >= 4 is 47.1 Å². The number of hydrogen-bond donors (Lipinski definition) is 1. The zero-order valence-electron chi connectivity index (χ0n) is 17.6. The number of halogens is 2. The molecule has 1 aromatic carbocycles. The molecule has 1 fully saturated rings. The van der Waals surface area contributed by atoms with Crippen molar-refractivity contribution in [1.29, 1.82) is 0 Å². The lowest BCUT2D eigenvalue weighted by Gasteiger charge is -2.30. The minimum Gasteiger partial charge on any atom is -0.452 e. The van der Waals surface area contributed by atoms with Crippen LogP contribution in [0, 0.1) is 12.8 Å². The average molecular weight is 479 g/mol. The third kappa shape index (κ3) is 5.89. The first-order chi connectivity index (χ1) is 15.3. The molecule has 1 saturated heterocycles. The van der Waals surface area contributed by atoms with Gasteiger partial charge in [-0.25, -0.2) is 9.48 Å². The van der Waals surface area contributed by atoms with Crippen LogP contribution in [0.2, 0.25) is 10.2 Å². The van der Waals surface area contributed by atoms with Crippen LogP contribution in [0.15, 0.2) is 30.3 Å². The molecule has 2 heterocycles. The van der Waals surface area contributed by atoms with E-state index in [0.717, 1.165) is 5.56 Å². The van der Waals surface area contributed by atoms with Crippen LogP contribution in [-0.2, 0) is 25.7 Å². The van der Waals surface area contributed by atoms with E-state index in [1.165, 1.54) is 12.2 Å². The Morgan fingerprint density at radius 2 is 1.91 bits per heavy atom. The molecule has 0 unspecified atom stereocenters. The standard InChI is InChI=1S/C22H24Cl2N4O4/c1-14-17(21(24)28(26-14)12-16-4-2-3-5-18(16)23)6-7-20(30)32-13-19(29)27-10-8-15(9-11-27)22(25)31/h2-7,15H,8-13H2,1H3,(H2,25,31)/b7-6+. The zero-order chi connectivity index (χ0) is 23.3. The van der Waals surface area contributed by atoms with Gasteiger partial charge in [-0.05, 0) is 37.5 Å². The molecule has 0 bridgehead atoms. The second-order valence-electron chi connectivity index (χ2n) is 7.54. The van der Waals surface area contributed by atoms with Crippen molar-refractivity contribution in [3.63, 3.8) is 0 Å². The fourth-order valence-corrected chi connectivity index (χ4v) is 3.98. The lowest BCUT2D eigenvalue weighted by molar-refractivity contribution is -0.149. The second-order valence-corrected chi connectivity index (χ2v) is 8.30. The van der Waals surface area contributed by atoms with Crippen LogP contribution in [0.4, 0.5) is 0 Å². The van der Waals surface area contributed by atoms with E-state index in [0.29, 0.717) is 53.9 Å². The van der Waals surface area contributed by atoms with E-state index in [1.54, 1.807) is 22.6 Å². The predicted octanol–water partition coefficient (Wildman–Crippen LogP) is 2.83. The summed E-state index contributed by atoms with van der Waals surface area (Å²) in [4.78, 5) is 37.1. The fraction of sp³-hybridized carbons (Fsp3) is 0.364. The summed E-state index contributed by atoms with van der Waals surface area (Å²) in [6.07, 6.45) is 3.76. The van der Waals surface area contributed by atoms with Crippen LogP contribution >= 0.6 is 23.2 Å². The van der Waals surface area contributed by atoms with Crippen LogP contribution in [0.25, 0.3) is 6.08 Å². The number of hydrogen-bond acceptors (Lipinski definition) is 5. The number of esters is 1. The molecule has 0 spiro atoms. The smallest absolute Gasteiger partial charge is 0.331 e. The lowest BCUT2D eigenvalue weighted by Crippen LogP contribution is -2.43. The molecule has 1 aliphatic heterocycles. The van der Waals surface area contributed by atoms with Gasteiger partial charge in [0.05, 0.1) is 12.2 Å². The molecule has 3 rings (SSSR count). The quantitative estimate of drug-likeness (QED) is 0.486. The number of ether oxygens (including phenoxy) is 1. The van der Waals surface area contributed by atoms with E-state index in [1.807, 2.05) is 18.2 Å². The molecule has 0 aliphatic carbocycles. The van der Waals surface area contributed by atoms with E-state index >= 15 is 0 Å². The van der Waals surface area contributed by atoms with E-state index in [4.69, 9.17) is 33.7 Å². The number of nitrogens with two attached hydrogens (primary N) is 1. The number of amides is 2. The SMILES string of the molecule is Cc1nn(Cc2ccccc2Cl)c(Cl)c1/C=C/C(=O)OCC(=O)N1CCC(C(N)=O)CC1. The number of likely N-dealkylation sites (tertiary alicyclic amines) is 1. The summed E-state index contributed by atoms with van der Waals surface area (Å²) >= 11 is 12.6. The minimum atomic E-state index is -0.667. The van der Waals surface area contributed by atoms with E-state index in [-0.39, 0.29) is 24.3 Å². The van der Waals surface area contributed by atoms with Crippen molar-refractivity contribution in [2.45, 2.75) is 26.3 Å². The molecule has 2 amide bonds. The largest absolute Gasteiger partial charge is 0.452 e. The van der Waals surface area contributed by atoms with Gasteiger partial charge in [0.2, 0.25) is 5.91 Å². The Morgan fingerprint density at radius 3 is 2.56 bits per heavy atom. The van der Waals surface area contributed by atoms with Crippen molar-refractivity contribution in [2.24, 2.45) is 11.7 Å². The van der Waals surface area contributed by atoms with Gasteiger partial charge < -0.3 is 15.4 Å². The number of rotatable bonds is 7. The zero-order valence-corrected chi connectivity index (χ0v) is 19.1. The minimum absolute atomic E-state index is 0.212. The van der Waals surface area contributed by atoms with Gasteiger partial charge in [0.15, 0.2) is 6.61 Å². The Kier molecular flexibility index (Phi) is 7.93. The Morgan fingerprint density at radius 1 is 1.22 bits per heavy atom. The molecule has 32 heavy (non-hydrogen) atoms. The van der Waals surface area contributed by atoms with Gasteiger partial charge in [0.25, 0.3) is 5.91 Å². The first-order valence-corrected chi connectivity index (χ1v) is 10.9. The number of piperidine rings is 1. The second kappa shape index (κ2) is 10.7. The van der Waals surface area contributed by atoms with Crippen molar-refractivity contribution in [1.82, 2.24) is 14.7 Å². The highest BCUT2D eigenvalue weighted by molar-refractivity contribution is 6.32. The average Bonchev–Trinajstić information content (AvgIpc) is 3.04. The number of carbonyl (C=O) groups excluding carboxylic acids is 3. The highest BCUT2D eigenvalue weighted by Crippen LogP contribution is 2.24. The van der Waals surface area contributed by atoms with Gasteiger partial charge in [-0.3, -0.25) is 9.59 Å². The van der Waals surface area contributed by atoms with Crippen LogP contribution in [0.1, 0.15) is 29.7 Å². The topological polar surface area (TPSA) is 108 Å². The van der Waals surface area contributed by atoms with Crippen molar-refractivity contribution in [2.75, 3.05) is 19.7 Å². The lowest BCUT2D eigenvalue weighted by atomic mass is 9.96. The van der Waals surface area contributed by atoms with Gasteiger partial charge in [-0.1, -0.05) is 41.4 Å². The maximum absolute atomic E-state index is 12.2. The third-order valence-corrected chi connectivity index (χ3v) is 6.13. The molecule has 0 atom stereocenters. The molecule has 0 radical (unpaired) electrons. The molecule has 8 nitrogen and oxygen atoms in total. The van der Waals surface area contributed by atoms with Crippen LogP contribution in [0.3, 0.4) is 0 Å². The van der Waals surface area contributed by atoms with Crippen molar-refractivity contribution in [3.05, 3.63) is 57.3 Å². The van der Waals surface area contributed by atoms with Crippen LogP contribution < -0.4 is 5.73 Å². The molecule has 10 heteroatoms. The molecule has 2 aromatic rings. The first kappa shape index (κ1) is 23.8. The maximum Gasteiger partial charge on any atom is 0.331 e. The molecule has 0 saturated carbocycles. The van der Waals surface area contributed by atoms with Gasteiger partial charge in [-0.2, -0.15) is 5.10 Å². The third-order valence-electron chi connectivity index (χ3n) is 5.36. The van der Waals surface area contributed by atoms with Crippen molar-refractivity contribution < 1.29 is 19.1 Å². The van der Waals surface area contributed by atoms with Crippen LogP contribution in [0.5, 0.6) is 0 Å². The number of benzene rings is 1. The van der Waals surface area contributed by atoms with E-state index in [2.05, 4.69) is 5.10 Å². The van der Waals surface area contributed by atoms with Gasteiger partial charge in [0.1, 0.15) is 5.15 Å². The molecule has 170 valence electrons. The Balaban J connectivity index is 1.54. The summed E-state index contributed by atoms with van der Waals surface area (Å²) in [6.45, 7) is 2.62. The Bertz CT molecular complexity index is 1040. The number of aryl methyl sites for hydroxylation is 1. The van der Waals surface area contributed by atoms with Crippen molar-refractivity contribution in [3.8, 4) is 0 Å². The molecular weight excluding hydrogens is 455 g/mol. The van der Waals surface area contributed by atoms with Gasteiger partial charge in [-0.15, -0.1) is 0 Å². The molecule has 1 aromatic heterocycles. The number of carbonyl (C=O) groups is 3. The Labute approximate surface area is 195 Å². The summed E-state index contributed by atoms with van der Waals surface area (Å²) in [5, 5.41) is 5.38. The number of primary amides is 1. The summed E-state index contributed by atoms with van der Waals surface area (Å²) in [7, 11) is 0. The number of aromatic nitrogens is 2. The predicted molar refractivity (Wildman–Crippen MR) is 121 cm³/mol. The van der Waals surface area contributed by atoms with E-state index in [9.17, 15) is 14.4 Å². The van der Waals surface area contributed by atoms with Gasteiger partial charge in [0, 0.05) is 35.7 Å². The van der Waals surface area contributed by atoms with Gasteiger partial charge >= 0.3 is 5.97 Å².